The molecule has 1 aromatic heterocycles. The van der Waals surface area contributed by atoms with Gasteiger partial charge in [0.25, 0.3) is 0 Å². The number of hydrogen-bond donors (Lipinski definition) is 1. The van der Waals surface area contributed by atoms with E-state index in [9.17, 15) is 5.11 Å². The molecule has 0 unspecified atom stereocenters. The number of hydrogen-bond acceptors (Lipinski definition) is 3. The third-order valence-corrected chi connectivity index (χ3v) is 4.79. The molecule has 3 aromatic rings. The molecule has 112 valence electrons. The predicted octanol–water partition coefficient (Wildman–Crippen LogP) is 4.38. The van der Waals surface area contributed by atoms with E-state index >= 15 is 0 Å². The van der Waals surface area contributed by atoms with Gasteiger partial charge in [0.15, 0.2) is 0 Å². The van der Waals surface area contributed by atoms with Crippen LogP contribution in [0.3, 0.4) is 0 Å². The van der Waals surface area contributed by atoms with Crippen LogP contribution in [0, 0.1) is 0 Å². The second-order valence-corrected chi connectivity index (χ2v) is 6.33. The van der Waals surface area contributed by atoms with Crippen molar-refractivity contribution in [3.8, 4) is 11.3 Å². The lowest BCUT2D eigenvalue weighted by Gasteiger charge is -2.05. The van der Waals surface area contributed by atoms with E-state index in [0.717, 1.165) is 26.7 Å². The largest absolute Gasteiger partial charge is 0.391 e. The molecule has 0 amide bonds. The van der Waals surface area contributed by atoms with Crippen LogP contribution in [0.2, 0.25) is 5.02 Å². The van der Waals surface area contributed by atoms with Crippen molar-refractivity contribution in [3.63, 3.8) is 0 Å². The van der Waals surface area contributed by atoms with Crippen molar-refractivity contribution in [2.75, 3.05) is 0 Å². The SMILES string of the molecule is Cn1nc(-c2ccccc2)c(CO)c1Sc1ccc(Cl)cc1. The minimum Gasteiger partial charge on any atom is -0.391 e. The Labute approximate surface area is 138 Å². The average Bonchev–Trinajstić information content (AvgIpc) is 2.86. The van der Waals surface area contributed by atoms with Gasteiger partial charge in [-0.05, 0) is 24.3 Å². The molecule has 3 rings (SSSR count). The van der Waals surface area contributed by atoms with Crippen molar-refractivity contribution < 1.29 is 5.11 Å². The van der Waals surface area contributed by atoms with E-state index in [1.807, 2.05) is 66.3 Å². The van der Waals surface area contributed by atoms with Crippen molar-refractivity contribution in [1.82, 2.24) is 9.78 Å². The van der Waals surface area contributed by atoms with Crippen molar-refractivity contribution in [3.05, 3.63) is 65.2 Å². The summed E-state index contributed by atoms with van der Waals surface area (Å²) in [5.74, 6) is 0. The van der Waals surface area contributed by atoms with E-state index in [4.69, 9.17) is 11.6 Å². The molecule has 0 atom stereocenters. The molecule has 0 saturated heterocycles. The Bertz CT molecular complexity index is 769. The molecule has 1 N–H and O–H groups in total. The zero-order valence-corrected chi connectivity index (χ0v) is 13.6. The summed E-state index contributed by atoms with van der Waals surface area (Å²) in [7, 11) is 1.89. The molecule has 0 saturated carbocycles. The second-order valence-electron chi connectivity index (χ2n) is 4.84. The third kappa shape index (κ3) is 3.04. The molecule has 0 spiro atoms. The minimum absolute atomic E-state index is 0.0476. The number of aliphatic hydroxyl groups is 1. The van der Waals surface area contributed by atoms with E-state index in [-0.39, 0.29) is 6.61 Å². The third-order valence-electron chi connectivity index (χ3n) is 3.32. The number of aryl methyl sites for hydroxylation is 1. The highest BCUT2D eigenvalue weighted by molar-refractivity contribution is 7.99. The standard InChI is InChI=1S/C17H15ClN2OS/c1-20-17(22-14-9-7-13(18)8-10-14)15(11-21)16(19-20)12-5-3-2-4-6-12/h2-10,21H,11H2,1H3. The summed E-state index contributed by atoms with van der Waals surface area (Å²) in [4.78, 5) is 1.06. The number of halogens is 1. The maximum atomic E-state index is 9.81. The van der Waals surface area contributed by atoms with Gasteiger partial charge >= 0.3 is 0 Å². The molecule has 0 aliphatic rings. The molecule has 5 heteroatoms. The first-order valence-electron chi connectivity index (χ1n) is 6.84. The van der Waals surface area contributed by atoms with Gasteiger partial charge in [0.05, 0.1) is 12.3 Å². The lowest BCUT2D eigenvalue weighted by atomic mass is 10.1. The molecule has 0 bridgehead atoms. The normalized spacial score (nSPS) is 10.9. The molecule has 22 heavy (non-hydrogen) atoms. The number of benzene rings is 2. The van der Waals surface area contributed by atoms with Crippen molar-refractivity contribution in [2.45, 2.75) is 16.5 Å². The lowest BCUT2D eigenvalue weighted by Crippen LogP contribution is -1.93. The summed E-state index contributed by atoms with van der Waals surface area (Å²) < 4.78 is 1.81. The fourth-order valence-corrected chi connectivity index (χ4v) is 3.34. The number of nitrogens with zero attached hydrogens (tertiary/aromatic N) is 2. The van der Waals surface area contributed by atoms with Gasteiger partial charge in [-0.1, -0.05) is 53.7 Å². The molecule has 1 heterocycles. The summed E-state index contributed by atoms with van der Waals surface area (Å²) >= 11 is 7.49. The smallest absolute Gasteiger partial charge is 0.105 e. The van der Waals surface area contributed by atoms with Crippen LogP contribution < -0.4 is 0 Å². The van der Waals surface area contributed by atoms with Crippen LogP contribution in [-0.2, 0) is 13.7 Å². The fraction of sp³-hybridized carbons (Fsp3) is 0.118. The topological polar surface area (TPSA) is 38.0 Å². The minimum atomic E-state index is -0.0476. The maximum Gasteiger partial charge on any atom is 0.105 e. The van der Waals surface area contributed by atoms with Crippen LogP contribution in [0.5, 0.6) is 0 Å². The Morgan fingerprint density at radius 1 is 1.09 bits per heavy atom. The molecule has 0 radical (unpaired) electrons. The van der Waals surface area contributed by atoms with Gasteiger partial charge in [-0.3, -0.25) is 4.68 Å². The number of aromatic nitrogens is 2. The van der Waals surface area contributed by atoms with Crippen molar-refractivity contribution in [1.29, 1.82) is 0 Å². The first kappa shape index (κ1) is 15.2. The van der Waals surface area contributed by atoms with Crippen molar-refractivity contribution in [2.24, 2.45) is 7.05 Å². The maximum absolute atomic E-state index is 9.81. The average molecular weight is 331 g/mol. The highest BCUT2D eigenvalue weighted by atomic mass is 35.5. The van der Waals surface area contributed by atoms with Gasteiger partial charge < -0.3 is 5.11 Å². The molecule has 3 nitrogen and oxygen atoms in total. The Balaban J connectivity index is 2.01. The zero-order valence-electron chi connectivity index (χ0n) is 12.0. The van der Waals surface area contributed by atoms with Crippen LogP contribution >= 0.6 is 23.4 Å². The van der Waals surface area contributed by atoms with Gasteiger partial charge in [0.2, 0.25) is 0 Å². The first-order valence-corrected chi connectivity index (χ1v) is 8.04. The van der Waals surface area contributed by atoms with Crippen LogP contribution in [0.1, 0.15) is 5.56 Å². The molecule has 0 fully saturated rings. The summed E-state index contributed by atoms with van der Waals surface area (Å²) in [6.07, 6.45) is 0. The molecule has 2 aromatic carbocycles. The summed E-state index contributed by atoms with van der Waals surface area (Å²) in [6.45, 7) is -0.0476. The second kappa shape index (κ2) is 6.57. The summed E-state index contributed by atoms with van der Waals surface area (Å²) in [5.41, 5.74) is 2.67. The molecule has 0 aliphatic heterocycles. The van der Waals surface area contributed by atoms with Crippen LogP contribution in [0.15, 0.2) is 64.5 Å². The van der Waals surface area contributed by atoms with E-state index in [0.29, 0.717) is 5.02 Å². The summed E-state index contributed by atoms with van der Waals surface area (Å²) in [6, 6.07) is 17.5. The van der Waals surface area contributed by atoms with Gasteiger partial charge in [0.1, 0.15) is 5.03 Å². The van der Waals surface area contributed by atoms with Crippen LogP contribution in [-0.4, -0.2) is 14.9 Å². The number of rotatable bonds is 4. The first-order chi connectivity index (χ1) is 10.7. The van der Waals surface area contributed by atoms with E-state index in [2.05, 4.69) is 5.10 Å². The van der Waals surface area contributed by atoms with Gasteiger partial charge in [-0.2, -0.15) is 5.10 Å². The van der Waals surface area contributed by atoms with E-state index < -0.39 is 0 Å². The quantitative estimate of drug-likeness (QED) is 0.771. The Kier molecular flexibility index (Phi) is 4.52. The monoisotopic (exact) mass is 330 g/mol. The highest BCUT2D eigenvalue weighted by Crippen LogP contribution is 2.35. The van der Waals surface area contributed by atoms with Crippen LogP contribution in [0.4, 0.5) is 0 Å². The van der Waals surface area contributed by atoms with Crippen molar-refractivity contribution >= 4 is 23.4 Å². The van der Waals surface area contributed by atoms with Gasteiger partial charge in [0, 0.05) is 28.1 Å². The van der Waals surface area contributed by atoms with Crippen LogP contribution in [0.25, 0.3) is 11.3 Å². The molecule has 0 aliphatic carbocycles. The lowest BCUT2D eigenvalue weighted by molar-refractivity contribution is 0.279. The zero-order chi connectivity index (χ0) is 15.5. The van der Waals surface area contributed by atoms with Gasteiger partial charge in [-0.25, -0.2) is 0 Å². The summed E-state index contributed by atoms with van der Waals surface area (Å²) in [5, 5.41) is 16.0. The fourth-order valence-electron chi connectivity index (χ4n) is 2.26. The van der Waals surface area contributed by atoms with E-state index in [1.54, 1.807) is 11.8 Å². The Hall–Kier alpha value is -1.75. The molecular weight excluding hydrogens is 316 g/mol. The van der Waals surface area contributed by atoms with Gasteiger partial charge in [-0.15, -0.1) is 0 Å². The van der Waals surface area contributed by atoms with E-state index in [1.165, 1.54) is 0 Å². The Morgan fingerprint density at radius 2 is 1.77 bits per heavy atom. The molecular formula is C17H15ClN2OS. The number of aliphatic hydroxyl groups excluding tert-OH is 1. The highest BCUT2D eigenvalue weighted by Gasteiger charge is 2.17. The Morgan fingerprint density at radius 3 is 2.41 bits per heavy atom. The predicted molar refractivity (Wildman–Crippen MR) is 90.1 cm³/mol.